The molecule has 2 rings (SSSR count). The lowest BCUT2D eigenvalue weighted by molar-refractivity contribution is -0.142. The van der Waals surface area contributed by atoms with Crippen LogP contribution in [0.1, 0.15) is 39.4 Å². The van der Waals surface area contributed by atoms with E-state index in [4.69, 9.17) is 4.74 Å². The summed E-state index contributed by atoms with van der Waals surface area (Å²) in [5, 5.41) is 7.79. The van der Waals surface area contributed by atoms with Crippen molar-refractivity contribution in [1.29, 1.82) is 0 Å². The number of carbonyl (C=O) groups is 2. The number of pyridine rings is 1. The molecule has 12 heteroatoms. The molecular weight excluding hydrogens is 429 g/mol. The summed E-state index contributed by atoms with van der Waals surface area (Å²) in [7, 11) is -4.48. The third kappa shape index (κ3) is 6.00. The molecule has 1 aromatic carbocycles. The van der Waals surface area contributed by atoms with Gasteiger partial charge in [-0.3, -0.25) is 14.6 Å². The van der Waals surface area contributed by atoms with Gasteiger partial charge in [0.15, 0.2) is 0 Å². The van der Waals surface area contributed by atoms with E-state index >= 15 is 0 Å². The lowest BCUT2D eigenvalue weighted by Crippen LogP contribution is -2.36. The van der Waals surface area contributed by atoms with Gasteiger partial charge < -0.3 is 9.84 Å². The molecule has 2 N–H and O–H groups in total. The van der Waals surface area contributed by atoms with Crippen LogP contribution in [-0.2, 0) is 32.3 Å². The summed E-state index contributed by atoms with van der Waals surface area (Å²) in [4.78, 5) is 26.9. The number of hydrogen-bond donors (Lipinski definition) is 2. The van der Waals surface area contributed by atoms with Gasteiger partial charge in [-0.2, -0.15) is 13.2 Å². The van der Waals surface area contributed by atoms with E-state index in [1.54, 1.807) is 4.72 Å². The van der Waals surface area contributed by atoms with E-state index in [2.05, 4.69) is 4.98 Å². The minimum atomic E-state index is -4.60. The van der Waals surface area contributed by atoms with Crippen LogP contribution < -0.4 is 4.72 Å². The van der Waals surface area contributed by atoms with Crippen LogP contribution in [0.5, 0.6) is 0 Å². The van der Waals surface area contributed by atoms with E-state index in [1.165, 1.54) is 19.1 Å². The molecule has 8 nitrogen and oxygen atoms in total. The highest BCUT2D eigenvalue weighted by Crippen LogP contribution is 2.31. The average molecular weight is 446 g/mol. The number of aliphatic hydroxyl groups excluding tert-OH is 1. The van der Waals surface area contributed by atoms with E-state index in [0.29, 0.717) is 17.8 Å². The van der Waals surface area contributed by atoms with Gasteiger partial charge in [-0.1, -0.05) is 12.1 Å². The van der Waals surface area contributed by atoms with Crippen molar-refractivity contribution in [3.8, 4) is 0 Å². The maximum Gasteiger partial charge on any atom is 0.416 e. The minimum absolute atomic E-state index is 0.124. The van der Waals surface area contributed by atoms with Crippen molar-refractivity contribution in [2.24, 2.45) is 0 Å². The zero-order chi connectivity index (χ0) is 22.5. The second-order valence-electron chi connectivity index (χ2n) is 6.09. The summed E-state index contributed by atoms with van der Waals surface area (Å²) in [6, 6.07) is 5.80. The Morgan fingerprint density at radius 1 is 1.17 bits per heavy atom. The molecule has 162 valence electrons. The Bertz CT molecular complexity index is 1010. The van der Waals surface area contributed by atoms with Gasteiger partial charge in [0.05, 0.1) is 23.4 Å². The number of carbonyl (C=O) groups excluding carboxylic acids is 2. The van der Waals surface area contributed by atoms with E-state index in [9.17, 15) is 36.3 Å². The fourth-order valence-electron chi connectivity index (χ4n) is 2.35. The van der Waals surface area contributed by atoms with Gasteiger partial charge in [0, 0.05) is 13.1 Å². The summed E-state index contributed by atoms with van der Waals surface area (Å²) in [6.45, 7) is 0.116. The molecule has 1 aromatic heterocycles. The summed E-state index contributed by atoms with van der Waals surface area (Å²) in [5.41, 5.74) is -0.915. The monoisotopic (exact) mass is 446 g/mol. The summed E-state index contributed by atoms with van der Waals surface area (Å²) < 4.78 is 69.4. The Labute approximate surface area is 169 Å². The molecule has 0 spiro atoms. The van der Waals surface area contributed by atoms with Crippen LogP contribution in [0.3, 0.4) is 0 Å². The predicted octanol–water partition coefficient (Wildman–Crippen LogP) is 1.96. The largest absolute Gasteiger partial charge is 0.459 e. The van der Waals surface area contributed by atoms with Crippen LogP contribution in [0.2, 0.25) is 0 Å². The number of aromatic nitrogens is 1. The molecule has 1 heterocycles. The second kappa shape index (κ2) is 9.22. The number of sulfonamides is 1. The van der Waals surface area contributed by atoms with Gasteiger partial charge in [-0.05, 0) is 29.8 Å². The molecule has 1 atom stereocenters. The first kappa shape index (κ1) is 23.3. The predicted molar refractivity (Wildman–Crippen MR) is 97.4 cm³/mol. The first-order chi connectivity index (χ1) is 13.9. The molecule has 0 saturated heterocycles. The molecule has 1 amide bonds. The highest BCUT2D eigenvalue weighted by atomic mass is 32.2. The Kier molecular flexibility index (Phi) is 7.16. The highest BCUT2D eigenvalue weighted by molar-refractivity contribution is 7.90. The van der Waals surface area contributed by atoms with Crippen molar-refractivity contribution < 1.29 is 41.0 Å². The van der Waals surface area contributed by atoms with Crippen molar-refractivity contribution in [3.05, 3.63) is 65.0 Å². The number of nitrogens with zero attached hydrogens (tertiary/aromatic N) is 1. The smallest absolute Gasteiger partial charge is 0.416 e. The lowest BCUT2D eigenvalue weighted by atomic mass is 10.1. The average Bonchev–Trinajstić information content (AvgIpc) is 2.66. The first-order valence-corrected chi connectivity index (χ1v) is 9.91. The van der Waals surface area contributed by atoms with Crippen LogP contribution in [0.25, 0.3) is 0 Å². The number of ether oxygens (including phenoxy) is 1. The van der Waals surface area contributed by atoms with Gasteiger partial charge in [-0.15, -0.1) is 0 Å². The van der Waals surface area contributed by atoms with Crippen molar-refractivity contribution in [3.63, 3.8) is 0 Å². The van der Waals surface area contributed by atoms with E-state index in [0.717, 1.165) is 18.3 Å². The third-order valence-corrected chi connectivity index (χ3v) is 5.54. The fraction of sp³-hybridized carbons (Fsp3) is 0.278. The second-order valence-corrected chi connectivity index (χ2v) is 7.95. The maximum absolute atomic E-state index is 12.7. The molecule has 0 aliphatic heterocycles. The van der Waals surface area contributed by atoms with Gasteiger partial charge in [0.1, 0.15) is 11.9 Å². The molecule has 0 saturated carbocycles. The number of esters is 1. The number of nitrogens with one attached hydrogen (secondary N) is 1. The third-order valence-electron chi connectivity index (χ3n) is 3.90. The molecule has 0 aliphatic carbocycles. The van der Waals surface area contributed by atoms with Crippen LogP contribution >= 0.6 is 0 Å². The van der Waals surface area contributed by atoms with Crippen LogP contribution in [-0.4, -0.2) is 37.0 Å². The molecule has 30 heavy (non-hydrogen) atoms. The molecule has 2 aromatic rings. The molecule has 1 unspecified atom stereocenters. The SMILES string of the molecule is CC(=O)OCc1ccc(C(=O)NS(=O)(=O)C(CO)c2ccc(C(F)(F)F)cc2)cn1. The number of alkyl halides is 3. The minimum Gasteiger partial charge on any atom is -0.459 e. The first-order valence-electron chi connectivity index (χ1n) is 8.36. The van der Waals surface area contributed by atoms with Crippen molar-refractivity contribution in [1.82, 2.24) is 9.71 Å². The Morgan fingerprint density at radius 2 is 1.80 bits per heavy atom. The summed E-state index contributed by atoms with van der Waals surface area (Å²) >= 11 is 0. The number of benzene rings is 1. The maximum atomic E-state index is 12.7. The Morgan fingerprint density at radius 3 is 2.27 bits per heavy atom. The number of aliphatic hydroxyl groups is 1. The van der Waals surface area contributed by atoms with Crippen LogP contribution in [0.4, 0.5) is 13.2 Å². The van der Waals surface area contributed by atoms with Crippen LogP contribution in [0, 0.1) is 0 Å². The number of amides is 1. The molecule has 0 fully saturated rings. The Hall–Kier alpha value is -2.99. The fourth-order valence-corrected chi connectivity index (χ4v) is 3.58. The normalized spacial score (nSPS) is 12.8. The Balaban J connectivity index is 2.15. The zero-order valence-corrected chi connectivity index (χ0v) is 16.3. The molecule has 0 bridgehead atoms. The van der Waals surface area contributed by atoms with Crippen molar-refractivity contribution in [2.45, 2.75) is 25.0 Å². The van der Waals surface area contributed by atoms with E-state index < -0.39 is 45.5 Å². The highest BCUT2D eigenvalue weighted by Gasteiger charge is 2.32. The summed E-state index contributed by atoms with van der Waals surface area (Å²) in [6.07, 6.45) is -3.54. The van der Waals surface area contributed by atoms with Crippen LogP contribution in [0.15, 0.2) is 42.6 Å². The van der Waals surface area contributed by atoms with Crippen molar-refractivity contribution in [2.75, 3.05) is 6.61 Å². The zero-order valence-electron chi connectivity index (χ0n) is 15.5. The molecule has 0 aliphatic rings. The number of rotatable bonds is 7. The van der Waals surface area contributed by atoms with Crippen molar-refractivity contribution >= 4 is 21.9 Å². The van der Waals surface area contributed by atoms with Gasteiger partial charge in [0.25, 0.3) is 5.91 Å². The molecular formula is C18H17F3N2O6S. The van der Waals surface area contributed by atoms with E-state index in [1.807, 2.05) is 0 Å². The van der Waals surface area contributed by atoms with E-state index in [-0.39, 0.29) is 17.7 Å². The standard InChI is InChI=1S/C18H17F3N2O6S/c1-11(25)29-10-15-7-4-13(8-22-15)17(26)23-30(27,28)16(9-24)12-2-5-14(6-3-12)18(19,20)21/h2-8,16,24H,9-10H2,1H3,(H,23,26). The quantitative estimate of drug-likeness (QED) is 0.624. The molecule has 0 radical (unpaired) electrons. The summed E-state index contributed by atoms with van der Waals surface area (Å²) in [5.74, 6) is -1.57. The van der Waals surface area contributed by atoms with Gasteiger partial charge in [-0.25, -0.2) is 13.1 Å². The number of halogens is 3. The van der Waals surface area contributed by atoms with Gasteiger partial charge >= 0.3 is 12.1 Å². The van der Waals surface area contributed by atoms with Gasteiger partial charge in [0.2, 0.25) is 10.0 Å². The number of hydrogen-bond acceptors (Lipinski definition) is 7. The lowest BCUT2D eigenvalue weighted by Gasteiger charge is -2.17. The topological polar surface area (TPSA) is 123 Å².